The zero-order valence-electron chi connectivity index (χ0n) is 15.2. The number of likely N-dealkylation sites (tertiary alicyclic amines) is 1. The third kappa shape index (κ3) is 4.30. The maximum Gasteiger partial charge on any atom is 0.236 e. The fraction of sp³-hybridized carbons (Fsp3) is 0.632. The van der Waals surface area contributed by atoms with Gasteiger partial charge >= 0.3 is 0 Å². The van der Waals surface area contributed by atoms with Crippen LogP contribution in [0.4, 0.5) is 10.1 Å². The number of anilines is 1. The first-order valence-electron chi connectivity index (χ1n) is 9.11. The molecule has 2 heterocycles. The zero-order valence-corrected chi connectivity index (χ0v) is 15.2. The summed E-state index contributed by atoms with van der Waals surface area (Å²) in [5.74, 6) is -0.0215. The molecule has 0 spiro atoms. The van der Waals surface area contributed by atoms with Crippen molar-refractivity contribution in [1.82, 2.24) is 9.80 Å². The lowest BCUT2D eigenvalue weighted by molar-refractivity contribution is -0.133. The van der Waals surface area contributed by atoms with Crippen molar-refractivity contribution in [2.75, 3.05) is 50.7 Å². The molecule has 0 radical (unpaired) electrons. The third-order valence-corrected chi connectivity index (χ3v) is 5.57. The average Bonchev–Trinajstić information content (AvgIpc) is 2.59. The SMILES string of the molecule is CC1(C)CN(CC(=O)N2CCN(c3ccc(F)cc3)CC2)CCC1N. The number of halogens is 1. The second-order valence-electron chi connectivity index (χ2n) is 7.94. The molecular weight excluding hydrogens is 319 g/mol. The van der Waals surface area contributed by atoms with Gasteiger partial charge in [0.1, 0.15) is 5.82 Å². The highest BCUT2D eigenvalue weighted by Crippen LogP contribution is 2.27. The van der Waals surface area contributed by atoms with E-state index in [1.54, 1.807) is 12.1 Å². The molecule has 138 valence electrons. The standard InChI is InChI=1S/C19H29FN4O/c1-19(2)14-22(8-7-17(19)21)13-18(25)24-11-9-23(10-12-24)16-5-3-15(20)4-6-16/h3-6,17H,7-14,21H2,1-2H3. The van der Waals surface area contributed by atoms with E-state index in [0.717, 1.165) is 38.3 Å². The molecule has 6 heteroatoms. The number of nitrogens with zero attached hydrogens (tertiary/aromatic N) is 3. The summed E-state index contributed by atoms with van der Waals surface area (Å²) in [4.78, 5) is 19.0. The Morgan fingerprint density at radius 1 is 1.16 bits per heavy atom. The number of rotatable bonds is 3. The molecule has 25 heavy (non-hydrogen) atoms. The van der Waals surface area contributed by atoms with Gasteiger partial charge in [-0.2, -0.15) is 0 Å². The number of piperidine rings is 1. The topological polar surface area (TPSA) is 52.8 Å². The summed E-state index contributed by atoms with van der Waals surface area (Å²) in [6, 6.07) is 6.77. The summed E-state index contributed by atoms with van der Waals surface area (Å²) >= 11 is 0. The van der Waals surface area contributed by atoms with Gasteiger partial charge in [-0.05, 0) is 36.1 Å². The molecule has 2 saturated heterocycles. The number of hydrogen-bond acceptors (Lipinski definition) is 4. The third-order valence-electron chi connectivity index (χ3n) is 5.57. The van der Waals surface area contributed by atoms with Gasteiger partial charge in [0, 0.05) is 51.0 Å². The molecule has 1 aromatic carbocycles. The summed E-state index contributed by atoms with van der Waals surface area (Å²) in [6.07, 6.45) is 0.943. The Kier molecular flexibility index (Phi) is 5.29. The van der Waals surface area contributed by atoms with E-state index in [-0.39, 0.29) is 23.2 Å². The normalized spacial score (nSPS) is 24.4. The van der Waals surface area contributed by atoms with Gasteiger partial charge in [-0.15, -0.1) is 0 Å². The summed E-state index contributed by atoms with van der Waals surface area (Å²) in [7, 11) is 0. The van der Waals surface area contributed by atoms with Crippen molar-refractivity contribution in [2.24, 2.45) is 11.1 Å². The molecule has 1 aromatic rings. The van der Waals surface area contributed by atoms with Crippen molar-refractivity contribution in [2.45, 2.75) is 26.3 Å². The van der Waals surface area contributed by atoms with E-state index in [0.29, 0.717) is 19.6 Å². The molecule has 2 N–H and O–H groups in total. The van der Waals surface area contributed by atoms with E-state index in [1.165, 1.54) is 12.1 Å². The lowest BCUT2D eigenvalue weighted by Crippen LogP contribution is -2.56. The second kappa shape index (κ2) is 7.30. The lowest BCUT2D eigenvalue weighted by Gasteiger charge is -2.43. The Bertz CT molecular complexity index is 596. The van der Waals surface area contributed by atoms with E-state index in [9.17, 15) is 9.18 Å². The van der Waals surface area contributed by atoms with Gasteiger partial charge in [0.15, 0.2) is 0 Å². The van der Waals surface area contributed by atoms with Crippen LogP contribution in [0.1, 0.15) is 20.3 Å². The van der Waals surface area contributed by atoms with Crippen LogP contribution in [0.3, 0.4) is 0 Å². The quantitative estimate of drug-likeness (QED) is 0.900. The van der Waals surface area contributed by atoms with E-state index >= 15 is 0 Å². The summed E-state index contributed by atoms with van der Waals surface area (Å²) < 4.78 is 13.0. The molecule has 2 fully saturated rings. The number of hydrogen-bond donors (Lipinski definition) is 1. The molecule has 2 aliphatic heterocycles. The second-order valence-corrected chi connectivity index (χ2v) is 7.94. The van der Waals surface area contributed by atoms with Crippen LogP contribution >= 0.6 is 0 Å². The van der Waals surface area contributed by atoms with E-state index < -0.39 is 0 Å². The van der Waals surface area contributed by atoms with Gasteiger partial charge in [-0.25, -0.2) is 4.39 Å². The Morgan fingerprint density at radius 3 is 2.40 bits per heavy atom. The summed E-state index contributed by atoms with van der Waals surface area (Å²) in [6.45, 7) is 9.60. The minimum Gasteiger partial charge on any atom is -0.368 e. The highest BCUT2D eigenvalue weighted by atomic mass is 19.1. The Balaban J connectivity index is 1.49. The molecule has 5 nitrogen and oxygen atoms in total. The molecular formula is C19H29FN4O. The molecule has 1 atom stereocenters. The predicted molar refractivity (Wildman–Crippen MR) is 98.0 cm³/mol. The maximum atomic E-state index is 13.0. The number of amides is 1. The Morgan fingerprint density at radius 2 is 1.80 bits per heavy atom. The van der Waals surface area contributed by atoms with Crippen LogP contribution in [0.5, 0.6) is 0 Å². The van der Waals surface area contributed by atoms with Crippen LogP contribution in [0.25, 0.3) is 0 Å². The first-order chi connectivity index (χ1) is 11.8. The molecule has 1 amide bonds. The zero-order chi connectivity index (χ0) is 18.0. The van der Waals surface area contributed by atoms with Gasteiger partial charge in [0.05, 0.1) is 6.54 Å². The molecule has 3 rings (SSSR count). The van der Waals surface area contributed by atoms with Crippen molar-refractivity contribution in [3.8, 4) is 0 Å². The van der Waals surface area contributed by atoms with Crippen LogP contribution in [-0.4, -0.2) is 67.6 Å². The number of benzene rings is 1. The fourth-order valence-corrected chi connectivity index (χ4v) is 3.78. The van der Waals surface area contributed by atoms with Gasteiger partial charge in [-0.3, -0.25) is 9.69 Å². The maximum absolute atomic E-state index is 13.0. The minimum atomic E-state index is -0.221. The highest BCUT2D eigenvalue weighted by Gasteiger charge is 2.34. The molecule has 0 aliphatic carbocycles. The van der Waals surface area contributed by atoms with Crippen molar-refractivity contribution >= 4 is 11.6 Å². The molecule has 1 unspecified atom stereocenters. The molecule has 2 aliphatic rings. The molecule has 0 aromatic heterocycles. The number of piperazine rings is 1. The monoisotopic (exact) mass is 348 g/mol. The van der Waals surface area contributed by atoms with Crippen molar-refractivity contribution < 1.29 is 9.18 Å². The van der Waals surface area contributed by atoms with Crippen LogP contribution < -0.4 is 10.6 Å². The van der Waals surface area contributed by atoms with E-state index in [4.69, 9.17) is 5.73 Å². The molecule has 0 bridgehead atoms. The smallest absolute Gasteiger partial charge is 0.236 e. The van der Waals surface area contributed by atoms with Gasteiger partial charge in [-0.1, -0.05) is 13.8 Å². The van der Waals surface area contributed by atoms with Crippen LogP contribution in [-0.2, 0) is 4.79 Å². The largest absolute Gasteiger partial charge is 0.368 e. The number of carbonyl (C=O) groups is 1. The fourth-order valence-electron chi connectivity index (χ4n) is 3.78. The lowest BCUT2D eigenvalue weighted by atomic mass is 9.80. The predicted octanol–water partition coefficient (Wildman–Crippen LogP) is 1.53. The Labute approximate surface area is 149 Å². The van der Waals surface area contributed by atoms with Crippen LogP contribution in [0.2, 0.25) is 0 Å². The van der Waals surface area contributed by atoms with Crippen molar-refractivity contribution in [3.63, 3.8) is 0 Å². The number of nitrogens with two attached hydrogens (primary N) is 1. The summed E-state index contributed by atoms with van der Waals surface area (Å²) in [5, 5.41) is 0. The molecule has 0 saturated carbocycles. The van der Waals surface area contributed by atoms with E-state index in [1.807, 2.05) is 4.90 Å². The van der Waals surface area contributed by atoms with Gasteiger partial charge in [0.25, 0.3) is 0 Å². The Hall–Kier alpha value is -1.66. The van der Waals surface area contributed by atoms with E-state index in [2.05, 4.69) is 23.6 Å². The summed E-state index contributed by atoms with van der Waals surface area (Å²) in [5.41, 5.74) is 7.25. The van der Waals surface area contributed by atoms with Crippen molar-refractivity contribution in [1.29, 1.82) is 0 Å². The highest BCUT2D eigenvalue weighted by molar-refractivity contribution is 5.78. The van der Waals surface area contributed by atoms with Crippen LogP contribution in [0, 0.1) is 11.2 Å². The average molecular weight is 348 g/mol. The van der Waals surface area contributed by atoms with Gasteiger partial charge < -0.3 is 15.5 Å². The number of carbonyl (C=O) groups excluding carboxylic acids is 1. The first kappa shape index (κ1) is 18.1. The first-order valence-corrected chi connectivity index (χ1v) is 9.11. The van der Waals surface area contributed by atoms with Crippen molar-refractivity contribution in [3.05, 3.63) is 30.1 Å². The minimum absolute atomic E-state index is 0.0554. The van der Waals surface area contributed by atoms with Crippen LogP contribution in [0.15, 0.2) is 24.3 Å². The van der Waals surface area contributed by atoms with Gasteiger partial charge in [0.2, 0.25) is 5.91 Å².